The lowest BCUT2D eigenvalue weighted by Gasteiger charge is -1.98. The molecule has 0 fully saturated rings. The molecular formula is C9H9N3. The van der Waals surface area contributed by atoms with Gasteiger partial charge in [0.15, 0.2) is 0 Å². The molecule has 3 heteroatoms. The van der Waals surface area contributed by atoms with Gasteiger partial charge < -0.3 is 5.73 Å². The van der Waals surface area contributed by atoms with E-state index in [1.165, 1.54) is 0 Å². The maximum Gasteiger partial charge on any atom is 0.0671 e. The lowest BCUT2D eigenvalue weighted by Crippen LogP contribution is -1.88. The van der Waals surface area contributed by atoms with Gasteiger partial charge in [-0.15, -0.1) is 0 Å². The largest absolute Gasteiger partial charge is 0.398 e. The summed E-state index contributed by atoms with van der Waals surface area (Å²) >= 11 is 0. The van der Waals surface area contributed by atoms with Crippen LogP contribution in [-0.2, 0) is 0 Å². The number of nitrogens with zero attached hydrogens (tertiary/aromatic N) is 1. The van der Waals surface area contributed by atoms with E-state index in [2.05, 4.69) is 16.8 Å². The summed E-state index contributed by atoms with van der Waals surface area (Å²) in [4.78, 5) is 0. The van der Waals surface area contributed by atoms with E-state index in [4.69, 9.17) is 5.73 Å². The van der Waals surface area contributed by atoms with E-state index in [1.54, 1.807) is 12.3 Å². The highest BCUT2D eigenvalue weighted by Crippen LogP contribution is 2.20. The molecule has 0 aliphatic rings. The average molecular weight is 159 g/mol. The SMILES string of the molecule is C=Cc1cc2cn[nH]c2cc1N. The van der Waals surface area contributed by atoms with Crippen LogP contribution >= 0.6 is 0 Å². The minimum Gasteiger partial charge on any atom is -0.398 e. The van der Waals surface area contributed by atoms with Gasteiger partial charge in [0, 0.05) is 11.1 Å². The standard InChI is InChI=1S/C9H9N3/c1-2-6-3-7-5-11-12-9(7)4-8(6)10/h2-5H,1,10H2,(H,11,12). The summed E-state index contributed by atoms with van der Waals surface area (Å²) in [5.41, 5.74) is 8.37. The minimum absolute atomic E-state index is 0.724. The summed E-state index contributed by atoms with van der Waals surface area (Å²) in [5.74, 6) is 0. The Morgan fingerprint density at radius 1 is 1.50 bits per heavy atom. The first-order chi connectivity index (χ1) is 5.81. The Labute approximate surface area is 69.9 Å². The molecule has 2 rings (SSSR count). The topological polar surface area (TPSA) is 54.7 Å². The maximum atomic E-state index is 5.74. The zero-order valence-electron chi connectivity index (χ0n) is 6.54. The fraction of sp³-hybridized carbons (Fsp3) is 0. The van der Waals surface area contributed by atoms with Crippen LogP contribution in [0.4, 0.5) is 5.69 Å². The molecule has 60 valence electrons. The Morgan fingerprint density at radius 3 is 3.08 bits per heavy atom. The number of nitrogen functional groups attached to an aromatic ring is 1. The van der Waals surface area contributed by atoms with Gasteiger partial charge in [-0.25, -0.2) is 0 Å². The molecule has 0 saturated carbocycles. The highest BCUT2D eigenvalue weighted by atomic mass is 15.1. The molecule has 12 heavy (non-hydrogen) atoms. The molecule has 1 aromatic heterocycles. The van der Waals surface area contributed by atoms with Crippen LogP contribution in [0.5, 0.6) is 0 Å². The molecule has 2 aromatic rings. The molecule has 0 aliphatic carbocycles. The smallest absolute Gasteiger partial charge is 0.0671 e. The second-order valence-corrected chi connectivity index (χ2v) is 2.64. The Bertz CT molecular complexity index is 428. The maximum absolute atomic E-state index is 5.74. The van der Waals surface area contributed by atoms with Gasteiger partial charge in [0.25, 0.3) is 0 Å². The van der Waals surface area contributed by atoms with Crippen molar-refractivity contribution >= 4 is 22.7 Å². The second kappa shape index (κ2) is 2.37. The fourth-order valence-corrected chi connectivity index (χ4v) is 1.20. The van der Waals surface area contributed by atoms with Crippen LogP contribution < -0.4 is 5.73 Å². The number of aromatic nitrogens is 2. The van der Waals surface area contributed by atoms with E-state index >= 15 is 0 Å². The Morgan fingerprint density at radius 2 is 2.33 bits per heavy atom. The number of hydrogen-bond acceptors (Lipinski definition) is 2. The van der Waals surface area contributed by atoms with Crippen molar-refractivity contribution in [2.45, 2.75) is 0 Å². The summed E-state index contributed by atoms with van der Waals surface area (Å²) in [5, 5.41) is 7.81. The summed E-state index contributed by atoms with van der Waals surface area (Å²) < 4.78 is 0. The first-order valence-corrected chi connectivity index (χ1v) is 3.66. The van der Waals surface area contributed by atoms with Crippen LogP contribution in [-0.4, -0.2) is 10.2 Å². The predicted molar refractivity (Wildman–Crippen MR) is 50.6 cm³/mol. The number of rotatable bonds is 1. The van der Waals surface area contributed by atoms with Gasteiger partial charge in [-0.3, -0.25) is 5.10 Å². The van der Waals surface area contributed by atoms with E-state index in [9.17, 15) is 0 Å². The van der Waals surface area contributed by atoms with E-state index in [-0.39, 0.29) is 0 Å². The summed E-state index contributed by atoms with van der Waals surface area (Å²) in [6.45, 7) is 3.67. The molecule has 1 heterocycles. The minimum atomic E-state index is 0.724. The highest BCUT2D eigenvalue weighted by molar-refractivity contribution is 5.86. The van der Waals surface area contributed by atoms with E-state index in [1.807, 2.05) is 12.1 Å². The first-order valence-electron chi connectivity index (χ1n) is 3.66. The molecular weight excluding hydrogens is 150 g/mol. The molecule has 0 saturated heterocycles. The first kappa shape index (κ1) is 6.91. The third kappa shape index (κ3) is 0.871. The number of H-pyrrole nitrogens is 1. The van der Waals surface area contributed by atoms with Crippen LogP contribution in [0, 0.1) is 0 Å². The fourth-order valence-electron chi connectivity index (χ4n) is 1.20. The van der Waals surface area contributed by atoms with Crippen molar-refractivity contribution in [3.05, 3.63) is 30.5 Å². The Kier molecular flexibility index (Phi) is 1.37. The summed E-state index contributed by atoms with van der Waals surface area (Å²) in [7, 11) is 0. The van der Waals surface area contributed by atoms with Gasteiger partial charge in [0.1, 0.15) is 0 Å². The van der Waals surface area contributed by atoms with Crippen molar-refractivity contribution in [2.24, 2.45) is 0 Å². The van der Waals surface area contributed by atoms with Crippen molar-refractivity contribution in [2.75, 3.05) is 5.73 Å². The lowest BCUT2D eigenvalue weighted by molar-refractivity contribution is 1.12. The molecule has 3 N–H and O–H groups in total. The highest BCUT2D eigenvalue weighted by Gasteiger charge is 1.99. The van der Waals surface area contributed by atoms with Crippen molar-refractivity contribution in [3.63, 3.8) is 0 Å². The molecule has 0 aliphatic heterocycles. The molecule has 0 atom stereocenters. The predicted octanol–water partition coefficient (Wildman–Crippen LogP) is 1.79. The summed E-state index contributed by atoms with van der Waals surface area (Å²) in [6, 6.07) is 3.82. The molecule has 0 unspecified atom stereocenters. The molecule has 0 spiro atoms. The third-order valence-electron chi connectivity index (χ3n) is 1.86. The van der Waals surface area contributed by atoms with Gasteiger partial charge in [0.2, 0.25) is 0 Å². The normalized spacial score (nSPS) is 10.3. The van der Waals surface area contributed by atoms with Crippen molar-refractivity contribution < 1.29 is 0 Å². The second-order valence-electron chi connectivity index (χ2n) is 2.64. The monoisotopic (exact) mass is 159 g/mol. The van der Waals surface area contributed by atoms with Gasteiger partial charge >= 0.3 is 0 Å². The average Bonchev–Trinajstić information content (AvgIpc) is 2.49. The number of aromatic amines is 1. The number of nitrogens with two attached hydrogens (primary N) is 1. The molecule has 0 bridgehead atoms. The number of anilines is 1. The molecule has 0 radical (unpaired) electrons. The Hall–Kier alpha value is -1.77. The number of benzene rings is 1. The van der Waals surface area contributed by atoms with E-state index < -0.39 is 0 Å². The lowest BCUT2D eigenvalue weighted by atomic mass is 10.1. The van der Waals surface area contributed by atoms with Gasteiger partial charge in [-0.05, 0) is 17.7 Å². The van der Waals surface area contributed by atoms with Crippen LogP contribution in [0.15, 0.2) is 24.9 Å². The number of fused-ring (bicyclic) bond motifs is 1. The van der Waals surface area contributed by atoms with Crippen LogP contribution in [0.3, 0.4) is 0 Å². The number of hydrogen-bond donors (Lipinski definition) is 2. The number of nitrogens with one attached hydrogen (secondary N) is 1. The molecule has 3 nitrogen and oxygen atoms in total. The quantitative estimate of drug-likeness (QED) is 0.623. The van der Waals surface area contributed by atoms with Gasteiger partial charge in [0.05, 0.1) is 11.7 Å². The Balaban J connectivity index is 2.81. The van der Waals surface area contributed by atoms with E-state index in [0.717, 1.165) is 22.2 Å². The van der Waals surface area contributed by atoms with Crippen molar-refractivity contribution in [3.8, 4) is 0 Å². The summed E-state index contributed by atoms with van der Waals surface area (Å²) in [6.07, 6.45) is 3.50. The molecule has 0 amide bonds. The van der Waals surface area contributed by atoms with Crippen LogP contribution in [0.1, 0.15) is 5.56 Å². The van der Waals surface area contributed by atoms with Gasteiger partial charge in [-0.2, -0.15) is 5.10 Å². The zero-order chi connectivity index (χ0) is 8.55. The molecule has 1 aromatic carbocycles. The van der Waals surface area contributed by atoms with Gasteiger partial charge in [-0.1, -0.05) is 12.7 Å². The van der Waals surface area contributed by atoms with E-state index in [0.29, 0.717) is 0 Å². The van der Waals surface area contributed by atoms with Crippen molar-refractivity contribution in [1.29, 1.82) is 0 Å². The zero-order valence-corrected chi connectivity index (χ0v) is 6.54. The van der Waals surface area contributed by atoms with Crippen LogP contribution in [0.2, 0.25) is 0 Å². The van der Waals surface area contributed by atoms with Crippen molar-refractivity contribution in [1.82, 2.24) is 10.2 Å². The van der Waals surface area contributed by atoms with Crippen LogP contribution in [0.25, 0.3) is 17.0 Å². The third-order valence-corrected chi connectivity index (χ3v) is 1.86.